The average Bonchev–Trinajstić information content (AvgIpc) is 2.59. The molecule has 0 radical (unpaired) electrons. The number of halogens is 6. The first kappa shape index (κ1) is 26.5. The van der Waals surface area contributed by atoms with Gasteiger partial charge in [0.25, 0.3) is 0 Å². The zero-order chi connectivity index (χ0) is 22.9. The van der Waals surface area contributed by atoms with Crippen molar-refractivity contribution in [3.63, 3.8) is 0 Å². The van der Waals surface area contributed by atoms with Gasteiger partial charge in [-0.2, -0.15) is 26.3 Å². The molecule has 0 saturated heterocycles. The minimum atomic E-state index is -4.44. The maximum Gasteiger partial charge on any atom is 0.411 e. The van der Waals surface area contributed by atoms with Gasteiger partial charge in [-0.1, -0.05) is 6.42 Å². The van der Waals surface area contributed by atoms with Crippen LogP contribution in [0.1, 0.15) is 39.5 Å². The topological polar surface area (TPSA) is 76.7 Å². The molecular weight excluding hydrogens is 422 g/mol. The summed E-state index contributed by atoms with van der Waals surface area (Å²) >= 11 is 0. The highest BCUT2D eigenvalue weighted by molar-refractivity contribution is 5.82. The van der Waals surface area contributed by atoms with Crippen molar-refractivity contribution in [2.45, 2.75) is 64.0 Å². The predicted octanol–water partition coefficient (Wildman–Crippen LogP) is 2.96. The molecule has 0 heterocycles. The van der Waals surface area contributed by atoms with Gasteiger partial charge in [0.15, 0.2) is 0 Å². The van der Waals surface area contributed by atoms with Crippen molar-refractivity contribution in [1.82, 2.24) is 10.6 Å². The summed E-state index contributed by atoms with van der Waals surface area (Å²) in [5.41, 5.74) is 0. The number of nitrogens with one attached hydrogen (secondary N) is 2. The molecule has 1 aliphatic rings. The quantitative estimate of drug-likeness (QED) is 0.502. The standard InChI is InChI=1S/C18H28F6N2O4/c1-11(7-29-9-17(19,20)21)25-15(27)13-4-3-5-14(6-13)16(28)26-12(2)8-30-10-18(22,23)24/h11-14H,3-10H2,1-2H3,(H,25,27)(H,26,28). The van der Waals surface area contributed by atoms with E-state index in [0.29, 0.717) is 19.3 Å². The van der Waals surface area contributed by atoms with Gasteiger partial charge in [-0.15, -0.1) is 0 Å². The number of alkyl halides is 6. The van der Waals surface area contributed by atoms with E-state index in [1.54, 1.807) is 0 Å². The lowest BCUT2D eigenvalue weighted by molar-refractivity contribution is -0.175. The Labute approximate surface area is 171 Å². The van der Waals surface area contributed by atoms with E-state index >= 15 is 0 Å². The Balaban J connectivity index is 2.39. The fourth-order valence-corrected chi connectivity index (χ4v) is 3.17. The SMILES string of the molecule is CC(COCC(F)(F)F)NC(=O)C1CCCC(C(=O)NC(C)COCC(F)(F)F)C1. The smallest absolute Gasteiger partial charge is 0.370 e. The second-order valence-electron chi connectivity index (χ2n) is 7.64. The molecule has 0 spiro atoms. The van der Waals surface area contributed by atoms with Gasteiger partial charge in [0.1, 0.15) is 13.2 Å². The van der Waals surface area contributed by atoms with E-state index in [2.05, 4.69) is 20.1 Å². The van der Waals surface area contributed by atoms with Crippen LogP contribution in [0.3, 0.4) is 0 Å². The van der Waals surface area contributed by atoms with Crippen LogP contribution >= 0.6 is 0 Å². The summed E-state index contributed by atoms with van der Waals surface area (Å²) in [4.78, 5) is 24.7. The lowest BCUT2D eigenvalue weighted by Gasteiger charge is -2.29. The highest BCUT2D eigenvalue weighted by atomic mass is 19.4. The molecule has 2 N–H and O–H groups in total. The first-order valence-corrected chi connectivity index (χ1v) is 9.66. The Bertz CT molecular complexity index is 510. The molecule has 0 aliphatic heterocycles. The summed E-state index contributed by atoms with van der Waals surface area (Å²) in [5, 5.41) is 5.18. The van der Waals surface area contributed by atoms with Crippen molar-refractivity contribution in [3.8, 4) is 0 Å². The van der Waals surface area contributed by atoms with Crippen LogP contribution in [0, 0.1) is 11.8 Å². The molecule has 4 unspecified atom stereocenters. The predicted molar refractivity (Wildman–Crippen MR) is 94.4 cm³/mol. The second-order valence-corrected chi connectivity index (χ2v) is 7.64. The third-order valence-electron chi connectivity index (χ3n) is 4.46. The third kappa shape index (κ3) is 11.6. The van der Waals surface area contributed by atoms with E-state index < -0.39 is 49.5 Å². The Morgan fingerprint density at radius 3 is 1.53 bits per heavy atom. The van der Waals surface area contributed by atoms with Crippen LogP contribution in [-0.4, -0.2) is 62.7 Å². The van der Waals surface area contributed by atoms with E-state index in [0.717, 1.165) is 0 Å². The van der Waals surface area contributed by atoms with Crippen molar-refractivity contribution in [3.05, 3.63) is 0 Å². The largest absolute Gasteiger partial charge is 0.411 e. The average molecular weight is 450 g/mol. The minimum absolute atomic E-state index is 0.254. The molecule has 0 aromatic heterocycles. The van der Waals surface area contributed by atoms with Crippen molar-refractivity contribution in [1.29, 1.82) is 0 Å². The van der Waals surface area contributed by atoms with Crippen LogP contribution in [0.2, 0.25) is 0 Å². The van der Waals surface area contributed by atoms with Crippen LogP contribution in [0.25, 0.3) is 0 Å². The van der Waals surface area contributed by atoms with Crippen molar-refractivity contribution in [2.75, 3.05) is 26.4 Å². The van der Waals surface area contributed by atoms with Gasteiger partial charge in [0, 0.05) is 23.9 Å². The molecule has 1 aliphatic carbocycles. The van der Waals surface area contributed by atoms with E-state index in [1.165, 1.54) is 13.8 Å². The number of ether oxygens (including phenoxy) is 2. The summed E-state index contributed by atoms with van der Waals surface area (Å²) in [5.74, 6) is -1.68. The molecule has 0 aromatic rings. The van der Waals surface area contributed by atoms with E-state index in [9.17, 15) is 35.9 Å². The van der Waals surface area contributed by atoms with Gasteiger partial charge in [-0.05, 0) is 33.1 Å². The molecule has 1 fully saturated rings. The summed E-state index contributed by atoms with van der Waals surface area (Å²) in [6, 6.07) is -1.25. The molecule has 6 nitrogen and oxygen atoms in total. The number of hydrogen-bond acceptors (Lipinski definition) is 4. The molecule has 2 amide bonds. The molecule has 30 heavy (non-hydrogen) atoms. The van der Waals surface area contributed by atoms with Crippen molar-refractivity contribution < 1.29 is 45.4 Å². The van der Waals surface area contributed by atoms with Gasteiger partial charge >= 0.3 is 12.4 Å². The summed E-state index contributed by atoms with van der Waals surface area (Å²) in [7, 11) is 0. The maximum absolute atomic E-state index is 12.3. The summed E-state index contributed by atoms with van der Waals surface area (Å²) in [6.45, 7) is -0.351. The minimum Gasteiger partial charge on any atom is -0.370 e. The Hall–Kier alpha value is -1.56. The Morgan fingerprint density at radius 1 is 0.833 bits per heavy atom. The zero-order valence-corrected chi connectivity index (χ0v) is 16.9. The van der Waals surface area contributed by atoms with Gasteiger partial charge in [-0.25, -0.2) is 0 Å². The van der Waals surface area contributed by atoms with Crippen molar-refractivity contribution >= 4 is 11.8 Å². The summed E-state index contributed by atoms with van der Waals surface area (Å²) < 4.78 is 81.5. The second kappa shape index (κ2) is 11.7. The Morgan fingerprint density at radius 2 is 1.20 bits per heavy atom. The zero-order valence-electron chi connectivity index (χ0n) is 16.9. The van der Waals surface area contributed by atoms with Gasteiger partial charge in [0.05, 0.1) is 13.2 Å². The van der Waals surface area contributed by atoms with Gasteiger partial charge in [-0.3, -0.25) is 9.59 Å². The van der Waals surface area contributed by atoms with Crippen LogP contribution in [0.15, 0.2) is 0 Å². The first-order chi connectivity index (χ1) is 13.8. The molecule has 1 rings (SSSR count). The van der Waals surface area contributed by atoms with Crippen LogP contribution in [-0.2, 0) is 19.1 Å². The lowest BCUT2D eigenvalue weighted by Crippen LogP contribution is -2.45. The maximum atomic E-state index is 12.3. The number of rotatable bonds is 10. The first-order valence-electron chi connectivity index (χ1n) is 9.66. The van der Waals surface area contributed by atoms with Gasteiger partial charge in [0.2, 0.25) is 11.8 Å². The van der Waals surface area contributed by atoms with Crippen LogP contribution < -0.4 is 10.6 Å². The normalized spacial score (nSPS) is 22.3. The van der Waals surface area contributed by atoms with Crippen LogP contribution in [0.5, 0.6) is 0 Å². The number of hydrogen-bond donors (Lipinski definition) is 2. The highest BCUT2D eigenvalue weighted by Gasteiger charge is 2.33. The molecule has 0 aromatic carbocycles. The third-order valence-corrected chi connectivity index (χ3v) is 4.46. The molecule has 176 valence electrons. The summed E-state index contributed by atoms with van der Waals surface area (Å²) in [6.07, 6.45) is -6.95. The molecule has 1 saturated carbocycles. The molecule has 0 bridgehead atoms. The molecule has 12 heteroatoms. The fraction of sp³-hybridized carbons (Fsp3) is 0.889. The van der Waals surface area contributed by atoms with E-state index in [1.807, 2.05) is 0 Å². The van der Waals surface area contributed by atoms with E-state index in [-0.39, 0.29) is 31.4 Å². The lowest BCUT2D eigenvalue weighted by atomic mass is 9.80. The molecule has 4 atom stereocenters. The fourth-order valence-electron chi connectivity index (χ4n) is 3.17. The Kier molecular flexibility index (Phi) is 10.4. The highest BCUT2D eigenvalue weighted by Crippen LogP contribution is 2.29. The monoisotopic (exact) mass is 450 g/mol. The van der Waals surface area contributed by atoms with E-state index in [4.69, 9.17) is 0 Å². The number of amides is 2. The van der Waals surface area contributed by atoms with Crippen molar-refractivity contribution in [2.24, 2.45) is 11.8 Å². The van der Waals surface area contributed by atoms with Gasteiger partial charge < -0.3 is 20.1 Å². The molecular formula is C18H28F6N2O4. The number of carbonyl (C=O) groups excluding carboxylic acids is 2. The number of carbonyl (C=O) groups is 2. The van der Waals surface area contributed by atoms with Crippen LogP contribution in [0.4, 0.5) is 26.3 Å².